The second-order valence-corrected chi connectivity index (χ2v) is 13.5. The molecule has 0 bridgehead atoms. The van der Waals surface area contributed by atoms with Gasteiger partial charge in [-0.15, -0.1) is 0 Å². The zero-order chi connectivity index (χ0) is 26.9. The minimum Gasteiger partial charge on any atom is -0.200 e. The molecule has 0 amide bonds. The highest BCUT2D eigenvalue weighted by molar-refractivity contribution is 7.89. The Hall–Kier alpha value is -3.24. The molecule has 4 unspecified atom stereocenters. The van der Waals surface area contributed by atoms with Crippen molar-refractivity contribution < 1.29 is 16.8 Å². The van der Waals surface area contributed by atoms with E-state index >= 15 is 0 Å². The van der Waals surface area contributed by atoms with Gasteiger partial charge in [0, 0.05) is 35.1 Å². The molecule has 0 aliphatic heterocycles. The van der Waals surface area contributed by atoms with Gasteiger partial charge in [-0.1, -0.05) is 59.7 Å². The Morgan fingerprint density at radius 1 is 0.553 bits per heavy atom. The summed E-state index contributed by atoms with van der Waals surface area (Å²) in [4.78, 5) is 5.30. The summed E-state index contributed by atoms with van der Waals surface area (Å²) in [7, 11) is -7.65. The lowest BCUT2D eigenvalue weighted by Crippen LogP contribution is -2.50. The maximum atomic E-state index is 13.0. The molecule has 2 N–H and O–H groups in total. The Labute approximate surface area is 224 Å². The molecule has 1 fully saturated rings. The van der Waals surface area contributed by atoms with E-state index < -0.39 is 20.0 Å². The van der Waals surface area contributed by atoms with Gasteiger partial charge < -0.3 is 0 Å². The summed E-state index contributed by atoms with van der Waals surface area (Å²) >= 11 is 0. The molecule has 8 nitrogen and oxygen atoms in total. The largest absolute Gasteiger partial charge is 0.276 e. The second-order valence-electron chi connectivity index (χ2n) is 10.2. The van der Waals surface area contributed by atoms with Crippen molar-refractivity contribution in [1.29, 1.82) is 0 Å². The standard InChI is InChI=1S/C28H32N4O4S2/c1-19-11-15-21(16-12-19)37(33,34)31-29-27-23-7-3-5-9-25(23)28(26-10-6-4-8-24(26)27)30-32-38(35,36)22-17-13-20(2)14-18-22/h3-6,11-18,23-26,31-32H,7-10H2,1-2H3. The van der Waals surface area contributed by atoms with Gasteiger partial charge in [0.05, 0.1) is 9.79 Å². The van der Waals surface area contributed by atoms with Gasteiger partial charge in [-0.05, 0) is 63.8 Å². The zero-order valence-corrected chi connectivity index (χ0v) is 23.0. The highest BCUT2D eigenvalue weighted by Gasteiger charge is 2.47. The smallest absolute Gasteiger partial charge is 0.200 e. The summed E-state index contributed by atoms with van der Waals surface area (Å²) < 4.78 is 52.0. The van der Waals surface area contributed by atoms with Gasteiger partial charge in [-0.25, -0.2) is 9.66 Å². The van der Waals surface area contributed by atoms with E-state index in [1.165, 1.54) is 0 Å². The first-order chi connectivity index (χ1) is 18.2. The number of benzene rings is 2. The van der Waals surface area contributed by atoms with Crippen LogP contribution in [0.5, 0.6) is 0 Å². The first kappa shape index (κ1) is 26.4. The summed E-state index contributed by atoms with van der Waals surface area (Å²) in [6, 6.07) is 13.3. The molecule has 0 radical (unpaired) electrons. The van der Waals surface area contributed by atoms with Gasteiger partial charge in [0.1, 0.15) is 0 Å². The third-order valence-electron chi connectivity index (χ3n) is 7.64. The molecule has 0 heterocycles. The maximum Gasteiger partial charge on any atom is 0.276 e. The average Bonchev–Trinajstić information content (AvgIpc) is 2.91. The zero-order valence-electron chi connectivity index (χ0n) is 21.4. The van der Waals surface area contributed by atoms with Crippen molar-refractivity contribution in [2.75, 3.05) is 0 Å². The van der Waals surface area contributed by atoms with Crippen molar-refractivity contribution in [3.8, 4) is 0 Å². The van der Waals surface area contributed by atoms with Gasteiger partial charge in [-0.3, -0.25) is 0 Å². The highest BCUT2D eigenvalue weighted by Crippen LogP contribution is 2.44. The summed E-state index contributed by atoms with van der Waals surface area (Å²) in [5.74, 6) is -0.292. The number of nitrogens with one attached hydrogen (secondary N) is 2. The Kier molecular flexibility index (Phi) is 7.28. The topological polar surface area (TPSA) is 117 Å². The summed E-state index contributed by atoms with van der Waals surface area (Å²) in [5, 5.41) is 9.08. The lowest BCUT2D eigenvalue weighted by Gasteiger charge is -2.45. The molecule has 0 saturated heterocycles. The van der Waals surface area contributed by atoms with Crippen LogP contribution in [0.4, 0.5) is 0 Å². The van der Waals surface area contributed by atoms with Gasteiger partial charge in [0.2, 0.25) is 0 Å². The number of fused-ring (bicyclic) bond motifs is 2. The van der Waals surface area contributed by atoms with Crippen molar-refractivity contribution in [3.05, 3.63) is 84.0 Å². The Morgan fingerprint density at radius 3 is 1.13 bits per heavy atom. The average molecular weight is 553 g/mol. The van der Waals surface area contributed by atoms with Crippen LogP contribution in [-0.4, -0.2) is 28.3 Å². The number of aryl methyl sites for hydroxylation is 2. The number of allylic oxidation sites excluding steroid dienone is 4. The molecule has 10 heteroatoms. The molecule has 3 aliphatic carbocycles. The van der Waals surface area contributed by atoms with E-state index in [-0.39, 0.29) is 33.5 Å². The summed E-state index contributed by atoms with van der Waals surface area (Å²) in [6.07, 6.45) is 11.1. The third kappa shape index (κ3) is 5.33. The van der Waals surface area contributed by atoms with Crippen LogP contribution in [0.25, 0.3) is 0 Å². The van der Waals surface area contributed by atoms with Crippen LogP contribution >= 0.6 is 0 Å². The molecule has 3 aliphatic rings. The third-order valence-corrected chi connectivity index (χ3v) is 10.1. The molecule has 0 aromatic heterocycles. The van der Waals surface area contributed by atoms with E-state index in [1.54, 1.807) is 48.5 Å². The summed E-state index contributed by atoms with van der Waals surface area (Å²) in [6.45, 7) is 3.80. The number of sulfonamides is 2. The minimum absolute atomic E-state index is 0.0731. The van der Waals surface area contributed by atoms with Crippen LogP contribution < -0.4 is 9.66 Å². The quantitative estimate of drug-likeness (QED) is 0.407. The number of hydrogen-bond donors (Lipinski definition) is 2. The first-order valence-electron chi connectivity index (χ1n) is 12.8. The number of hydrogen-bond acceptors (Lipinski definition) is 6. The van der Waals surface area contributed by atoms with Crippen molar-refractivity contribution in [2.45, 2.75) is 49.3 Å². The van der Waals surface area contributed by atoms with Gasteiger partial charge >= 0.3 is 0 Å². The Bertz CT molecular complexity index is 1370. The SMILES string of the molecule is Cc1ccc(S(=O)(=O)NN=C2C3CC=CCC3C(=NNS(=O)(=O)c3ccc(C)cc3)C3CC=CCC23)cc1. The molecule has 38 heavy (non-hydrogen) atoms. The molecule has 200 valence electrons. The second kappa shape index (κ2) is 10.5. The minimum atomic E-state index is -3.82. The molecule has 5 rings (SSSR count). The fourth-order valence-electron chi connectivity index (χ4n) is 5.58. The monoisotopic (exact) mass is 552 g/mol. The molecular weight excluding hydrogens is 520 g/mol. The van der Waals surface area contributed by atoms with E-state index in [9.17, 15) is 16.8 Å². The maximum absolute atomic E-state index is 13.0. The predicted octanol–water partition coefficient (Wildman–Crippen LogP) is 4.45. The van der Waals surface area contributed by atoms with Crippen LogP contribution in [0.1, 0.15) is 36.8 Å². The molecule has 1 saturated carbocycles. The van der Waals surface area contributed by atoms with E-state index in [2.05, 4.69) is 44.2 Å². The van der Waals surface area contributed by atoms with E-state index in [4.69, 9.17) is 0 Å². The number of nitrogens with zero attached hydrogens (tertiary/aromatic N) is 2. The van der Waals surface area contributed by atoms with Gasteiger partial charge in [0.25, 0.3) is 20.0 Å². The predicted molar refractivity (Wildman–Crippen MR) is 149 cm³/mol. The Balaban J connectivity index is 1.47. The first-order valence-corrected chi connectivity index (χ1v) is 15.7. The molecule has 4 atom stereocenters. The van der Waals surface area contributed by atoms with E-state index in [1.807, 2.05) is 13.8 Å². The van der Waals surface area contributed by atoms with Gasteiger partial charge in [0.15, 0.2) is 0 Å². The van der Waals surface area contributed by atoms with Crippen LogP contribution in [-0.2, 0) is 20.0 Å². The molecular formula is C28H32N4O4S2. The molecule has 0 spiro atoms. The number of hydrazone groups is 2. The van der Waals surface area contributed by atoms with Crippen LogP contribution in [0, 0.1) is 37.5 Å². The van der Waals surface area contributed by atoms with E-state index in [0.29, 0.717) is 25.7 Å². The molecule has 2 aromatic rings. The normalized spacial score (nSPS) is 24.8. The fourth-order valence-corrected chi connectivity index (χ4v) is 7.23. The lowest BCUT2D eigenvalue weighted by atomic mass is 9.60. The Morgan fingerprint density at radius 2 is 0.842 bits per heavy atom. The van der Waals surface area contributed by atoms with E-state index in [0.717, 1.165) is 22.6 Å². The van der Waals surface area contributed by atoms with Crippen molar-refractivity contribution >= 4 is 31.5 Å². The van der Waals surface area contributed by atoms with Crippen LogP contribution in [0.2, 0.25) is 0 Å². The number of rotatable bonds is 6. The summed E-state index contributed by atoms with van der Waals surface area (Å²) in [5.41, 5.74) is 3.57. The fraction of sp³-hybridized carbons (Fsp3) is 0.357. The van der Waals surface area contributed by atoms with Crippen LogP contribution in [0.15, 0.2) is 92.8 Å². The molecule has 2 aromatic carbocycles. The van der Waals surface area contributed by atoms with Crippen molar-refractivity contribution in [1.82, 2.24) is 9.66 Å². The van der Waals surface area contributed by atoms with Crippen molar-refractivity contribution in [2.24, 2.45) is 33.9 Å². The van der Waals surface area contributed by atoms with Gasteiger partial charge in [-0.2, -0.15) is 27.0 Å². The highest BCUT2D eigenvalue weighted by atomic mass is 32.2. The van der Waals surface area contributed by atoms with Crippen LogP contribution in [0.3, 0.4) is 0 Å². The lowest BCUT2D eigenvalue weighted by molar-refractivity contribution is 0.381. The van der Waals surface area contributed by atoms with Crippen molar-refractivity contribution in [3.63, 3.8) is 0 Å².